The molecule has 0 aliphatic carbocycles. The SMILES string of the molecule is C=CCC=C(CC)CCC=C(C)CC. The molecule has 0 amide bonds. The molecule has 0 radical (unpaired) electrons. The summed E-state index contributed by atoms with van der Waals surface area (Å²) in [5, 5.41) is 0. The molecule has 80 valence electrons. The van der Waals surface area contributed by atoms with Gasteiger partial charge in [0, 0.05) is 0 Å². The van der Waals surface area contributed by atoms with Crippen molar-refractivity contribution in [2.75, 3.05) is 0 Å². The van der Waals surface area contributed by atoms with Crippen LogP contribution in [0.25, 0.3) is 0 Å². The van der Waals surface area contributed by atoms with Crippen molar-refractivity contribution in [1.82, 2.24) is 0 Å². The van der Waals surface area contributed by atoms with Gasteiger partial charge in [-0.05, 0) is 39.0 Å². The van der Waals surface area contributed by atoms with Crippen molar-refractivity contribution in [3.8, 4) is 0 Å². The Hall–Kier alpha value is -0.780. The van der Waals surface area contributed by atoms with Gasteiger partial charge in [-0.15, -0.1) is 6.58 Å². The standard InChI is InChI=1S/C14H24/c1-5-8-11-14(7-3)12-9-10-13(4)6-2/h5,10-11H,1,6-9,12H2,2-4H3. The molecule has 0 aliphatic heterocycles. The summed E-state index contributed by atoms with van der Waals surface area (Å²) in [4.78, 5) is 0. The third kappa shape index (κ3) is 6.71. The number of rotatable bonds is 7. The lowest BCUT2D eigenvalue weighted by Gasteiger charge is -2.02. The molecule has 0 bridgehead atoms. The van der Waals surface area contributed by atoms with Gasteiger partial charge in [-0.2, -0.15) is 0 Å². The highest BCUT2D eigenvalue weighted by Crippen LogP contribution is 2.12. The van der Waals surface area contributed by atoms with Crippen LogP contribution in [0, 0.1) is 0 Å². The second-order valence-electron chi connectivity index (χ2n) is 3.68. The van der Waals surface area contributed by atoms with E-state index < -0.39 is 0 Å². The highest BCUT2D eigenvalue weighted by atomic mass is 14.0. The summed E-state index contributed by atoms with van der Waals surface area (Å²) in [6, 6.07) is 0. The van der Waals surface area contributed by atoms with E-state index >= 15 is 0 Å². The minimum Gasteiger partial charge on any atom is -0.103 e. The van der Waals surface area contributed by atoms with Crippen LogP contribution >= 0.6 is 0 Å². The highest BCUT2D eigenvalue weighted by molar-refractivity contribution is 5.06. The Labute approximate surface area is 89.4 Å². The van der Waals surface area contributed by atoms with Crippen molar-refractivity contribution in [3.05, 3.63) is 36.0 Å². The first-order valence-corrected chi connectivity index (χ1v) is 5.69. The Bertz CT molecular complexity index is 206. The Balaban J connectivity index is 3.89. The summed E-state index contributed by atoms with van der Waals surface area (Å²) in [5.74, 6) is 0. The van der Waals surface area contributed by atoms with Gasteiger partial charge in [0.25, 0.3) is 0 Å². The van der Waals surface area contributed by atoms with E-state index in [4.69, 9.17) is 0 Å². The van der Waals surface area contributed by atoms with E-state index in [1.165, 1.54) is 31.3 Å². The summed E-state index contributed by atoms with van der Waals surface area (Å²) in [5.41, 5.74) is 3.06. The topological polar surface area (TPSA) is 0 Å². The van der Waals surface area contributed by atoms with Gasteiger partial charge in [-0.3, -0.25) is 0 Å². The first-order valence-electron chi connectivity index (χ1n) is 5.69. The maximum atomic E-state index is 3.73. The molecule has 0 aliphatic rings. The summed E-state index contributed by atoms with van der Waals surface area (Å²) >= 11 is 0. The fourth-order valence-corrected chi connectivity index (χ4v) is 1.32. The highest BCUT2D eigenvalue weighted by Gasteiger charge is 1.92. The van der Waals surface area contributed by atoms with Gasteiger partial charge in [0.2, 0.25) is 0 Å². The van der Waals surface area contributed by atoms with Crippen molar-refractivity contribution in [2.45, 2.75) is 52.9 Å². The van der Waals surface area contributed by atoms with Gasteiger partial charge < -0.3 is 0 Å². The lowest BCUT2D eigenvalue weighted by Crippen LogP contribution is -1.82. The van der Waals surface area contributed by atoms with Gasteiger partial charge >= 0.3 is 0 Å². The molecule has 0 heteroatoms. The maximum Gasteiger partial charge on any atom is -0.0169 e. The van der Waals surface area contributed by atoms with E-state index in [2.05, 4.69) is 39.5 Å². The van der Waals surface area contributed by atoms with Crippen molar-refractivity contribution in [3.63, 3.8) is 0 Å². The van der Waals surface area contributed by atoms with Crippen molar-refractivity contribution in [2.24, 2.45) is 0 Å². The summed E-state index contributed by atoms with van der Waals surface area (Å²) < 4.78 is 0. The zero-order chi connectivity index (χ0) is 10.8. The lowest BCUT2D eigenvalue weighted by molar-refractivity contribution is 0.888. The molecule has 0 aromatic rings. The molecule has 0 saturated heterocycles. The van der Waals surface area contributed by atoms with Crippen LogP contribution in [0.3, 0.4) is 0 Å². The maximum absolute atomic E-state index is 3.73. The van der Waals surface area contributed by atoms with Crippen LogP contribution in [0.4, 0.5) is 0 Å². The molecule has 0 aromatic carbocycles. The Kier molecular flexibility index (Phi) is 8.31. The Morgan fingerprint density at radius 2 is 1.86 bits per heavy atom. The van der Waals surface area contributed by atoms with E-state index in [0.29, 0.717) is 0 Å². The van der Waals surface area contributed by atoms with E-state index in [1.54, 1.807) is 5.57 Å². The van der Waals surface area contributed by atoms with E-state index in [0.717, 1.165) is 6.42 Å². The molecule has 0 saturated carbocycles. The van der Waals surface area contributed by atoms with Crippen molar-refractivity contribution < 1.29 is 0 Å². The van der Waals surface area contributed by atoms with Crippen LogP contribution in [0.2, 0.25) is 0 Å². The Morgan fingerprint density at radius 3 is 2.36 bits per heavy atom. The van der Waals surface area contributed by atoms with Gasteiger partial charge in [-0.1, -0.05) is 43.2 Å². The first-order chi connectivity index (χ1) is 6.74. The molecule has 0 nitrogen and oxygen atoms in total. The minimum absolute atomic E-state index is 1.01. The van der Waals surface area contributed by atoms with Crippen molar-refractivity contribution >= 4 is 0 Å². The normalized spacial score (nSPS) is 13.1. The first kappa shape index (κ1) is 13.2. The van der Waals surface area contributed by atoms with Crippen LogP contribution in [0.5, 0.6) is 0 Å². The smallest absolute Gasteiger partial charge is 0.0169 e. The average Bonchev–Trinajstić information content (AvgIpc) is 2.22. The summed E-state index contributed by atoms with van der Waals surface area (Å²) in [7, 11) is 0. The number of hydrogen-bond donors (Lipinski definition) is 0. The summed E-state index contributed by atoms with van der Waals surface area (Å²) in [6.45, 7) is 10.4. The molecule has 0 spiro atoms. The molecule has 0 fully saturated rings. The van der Waals surface area contributed by atoms with Crippen LogP contribution < -0.4 is 0 Å². The zero-order valence-corrected chi connectivity index (χ0v) is 9.97. The molecular weight excluding hydrogens is 168 g/mol. The predicted molar refractivity (Wildman–Crippen MR) is 66.5 cm³/mol. The fourth-order valence-electron chi connectivity index (χ4n) is 1.32. The zero-order valence-electron chi connectivity index (χ0n) is 9.97. The Morgan fingerprint density at radius 1 is 1.14 bits per heavy atom. The number of hydrogen-bond acceptors (Lipinski definition) is 0. The summed E-state index contributed by atoms with van der Waals surface area (Å²) in [6.07, 6.45) is 12.4. The molecule has 0 aromatic heterocycles. The van der Waals surface area contributed by atoms with E-state index in [1.807, 2.05) is 6.08 Å². The van der Waals surface area contributed by atoms with Gasteiger partial charge in [0.1, 0.15) is 0 Å². The largest absolute Gasteiger partial charge is 0.103 e. The second-order valence-corrected chi connectivity index (χ2v) is 3.68. The molecule has 14 heavy (non-hydrogen) atoms. The van der Waals surface area contributed by atoms with E-state index in [-0.39, 0.29) is 0 Å². The average molecular weight is 192 g/mol. The predicted octanol–water partition coefficient (Wildman–Crippen LogP) is 5.04. The third-order valence-corrected chi connectivity index (χ3v) is 2.54. The van der Waals surface area contributed by atoms with Crippen LogP contribution in [0.1, 0.15) is 52.9 Å². The van der Waals surface area contributed by atoms with Crippen LogP contribution in [-0.4, -0.2) is 0 Å². The molecule has 0 rings (SSSR count). The molecule has 0 unspecified atom stereocenters. The van der Waals surface area contributed by atoms with E-state index in [9.17, 15) is 0 Å². The minimum atomic E-state index is 1.01. The number of allylic oxidation sites excluding steroid dienone is 5. The lowest BCUT2D eigenvalue weighted by atomic mass is 10.0. The third-order valence-electron chi connectivity index (χ3n) is 2.54. The van der Waals surface area contributed by atoms with Crippen LogP contribution in [0.15, 0.2) is 36.0 Å². The quantitative estimate of drug-likeness (QED) is 0.496. The van der Waals surface area contributed by atoms with Gasteiger partial charge in [-0.25, -0.2) is 0 Å². The second kappa shape index (κ2) is 8.80. The van der Waals surface area contributed by atoms with Crippen molar-refractivity contribution in [1.29, 1.82) is 0 Å². The van der Waals surface area contributed by atoms with Crippen LogP contribution in [-0.2, 0) is 0 Å². The monoisotopic (exact) mass is 192 g/mol. The molecular formula is C14H24. The molecule has 0 N–H and O–H groups in total. The molecule has 0 heterocycles. The molecule has 0 atom stereocenters. The van der Waals surface area contributed by atoms with Gasteiger partial charge in [0.05, 0.1) is 0 Å². The van der Waals surface area contributed by atoms with Gasteiger partial charge in [0.15, 0.2) is 0 Å². The fraction of sp³-hybridized carbons (Fsp3) is 0.571.